The summed E-state index contributed by atoms with van der Waals surface area (Å²) in [6.07, 6.45) is 0. The fourth-order valence-electron chi connectivity index (χ4n) is 2.04. The average Bonchev–Trinajstić information content (AvgIpc) is 2.34. The van der Waals surface area contributed by atoms with Gasteiger partial charge in [0, 0.05) is 32.7 Å². The van der Waals surface area contributed by atoms with Crippen molar-refractivity contribution in [2.45, 2.75) is 6.54 Å². The fraction of sp³-hybridized carbons (Fsp3) is 0.417. The summed E-state index contributed by atoms with van der Waals surface area (Å²) < 4.78 is 13.4. The molecule has 1 aliphatic heterocycles. The molecule has 0 aliphatic carbocycles. The molecule has 0 bridgehead atoms. The lowest BCUT2D eigenvalue weighted by atomic mass is 10.1. The smallest absolute Gasteiger partial charge is 0.339 e. The minimum Gasteiger partial charge on any atom is -0.504 e. The third-order valence-electron chi connectivity index (χ3n) is 2.97. The third kappa shape index (κ3) is 2.77. The molecule has 0 radical (unpaired) electrons. The topological polar surface area (TPSA) is 72.8 Å². The van der Waals surface area contributed by atoms with E-state index in [-0.39, 0.29) is 5.56 Å². The van der Waals surface area contributed by atoms with Gasteiger partial charge in [0.15, 0.2) is 11.6 Å². The molecule has 0 amide bonds. The molecule has 0 unspecified atom stereocenters. The molecule has 0 atom stereocenters. The highest BCUT2D eigenvalue weighted by Gasteiger charge is 2.17. The summed E-state index contributed by atoms with van der Waals surface area (Å²) in [5, 5.41) is 21.4. The molecule has 0 spiro atoms. The zero-order valence-electron chi connectivity index (χ0n) is 9.82. The molecule has 18 heavy (non-hydrogen) atoms. The Kier molecular flexibility index (Phi) is 3.78. The predicted octanol–water partition coefficient (Wildman–Crippen LogP) is 0.635. The summed E-state index contributed by atoms with van der Waals surface area (Å²) >= 11 is 0. The van der Waals surface area contributed by atoms with Gasteiger partial charge in [0.1, 0.15) is 5.56 Å². The second-order valence-corrected chi connectivity index (χ2v) is 4.31. The molecule has 1 aromatic carbocycles. The van der Waals surface area contributed by atoms with Gasteiger partial charge in [-0.15, -0.1) is 0 Å². The predicted molar refractivity (Wildman–Crippen MR) is 63.2 cm³/mol. The third-order valence-corrected chi connectivity index (χ3v) is 2.97. The number of rotatable bonds is 3. The summed E-state index contributed by atoms with van der Waals surface area (Å²) in [6, 6.07) is 2.51. The first kappa shape index (κ1) is 12.8. The van der Waals surface area contributed by atoms with Gasteiger partial charge in [-0.1, -0.05) is 0 Å². The van der Waals surface area contributed by atoms with E-state index in [9.17, 15) is 14.3 Å². The number of nitrogens with one attached hydrogen (secondary N) is 1. The van der Waals surface area contributed by atoms with Crippen LogP contribution in [0, 0.1) is 5.82 Å². The van der Waals surface area contributed by atoms with Gasteiger partial charge in [0.25, 0.3) is 0 Å². The summed E-state index contributed by atoms with van der Waals surface area (Å²) in [5.41, 5.74) is 0.171. The zero-order valence-corrected chi connectivity index (χ0v) is 9.82. The van der Waals surface area contributed by atoms with E-state index in [1.807, 2.05) is 0 Å². The molecule has 1 aliphatic rings. The summed E-state index contributed by atoms with van der Waals surface area (Å²) in [7, 11) is 0. The first-order chi connectivity index (χ1) is 8.58. The molecule has 5 nitrogen and oxygen atoms in total. The number of phenols is 1. The van der Waals surface area contributed by atoms with Gasteiger partial charge < -0.3 is 15.5 Å². The van der Waals surface area contributed by atoms with Crippen molar-refractivity contribution in [2.75, 3.05) is 26.2 Å². The van der Waals surface area contributed by atoms with Crippen LogP contribution in [0.25, 0.3) is 0 Å². The molecule has 2 rings (SSSR count). The van der Waals surface area contributed by atoms with E-state index in [1.54, 1.807) is 0 Å². The Balaban J connectivity index is 2.20. The number of carboxylic acids is 1. The lowest BCUT2D eigenvalue weighted by Crippen LogP contribution is -2.42. The minimum atomic E-state index is -1.33. The van der Waals surface area contributed by atoms with Crippen LogP contribution in [0.1, 0.15) is 15.9 Å². The van der Waals surface area contributed by atoms with Crippen molar-refractivity contribution in [2.24, 2.45) is 0 Å². The molecule has 6 heteroatoms. The first-order valence-corrected chi connectivity index (χ1v) is 5.75. The SMILES string of the molecule is O=C(O)c1cc(CN2CCNCC2)cc(F)c1O. The van der Waals surface area contributed by atoms with Crippen LogP contribution in [0.4, 0.5) is 4.39 Å². The zero-order chi connectivity index (χ0) is 13.1. The molecule has 98 valence electrons. The van der Waals surface area contributed by atoms with Crippen molar-refractivity contribution in [3.05, 3.63) is 29.1 Å². The highest BCUT2D eigenvalue weighted by molar-refractivity contribution is 5.91. The number of hydrogen-bond donors (Lipinski definition) is 3. The van der Waals surface area contributed by atoms with Crippen LogP contribution < -0.4 is 5.32 Å². The van der Waals surface area contributed by atoms with Crippen LogP contribution in [0.15, 0.2) is 12.1 Å². The summed E-state index contributed by atoms with van der Waals surface area (Å²) in [5.74, 6) is -3.01. The number of aromatic carboxylic acids is 1. The first-order valence-electron chi connectivity index (χ1n) is 5.75. The molecule has 1 heterocycles. The number of carbonyl (C=O) groups is 1. The number of aromatic hydroxyl groups is 1. The maximum absolute atomic E-state index is 13.4. The maximum atomic E-state index is 13.4. The van der Waals surface area contributed by atoms with E-state index in [2.05, 4.69) is 10.2 Å². The standard InChI is InChI=1S/C12H15FN2O3/c13-10-6-8(5-9(11(10)16)12(17)18)7-15-3-1-14-2-4-15/h5-6,14,16H,1-4,7H2,(H,17,18). The Labute approximate surface area is 104 Å². The lowest BCUT2D eigenvalue weighted by molar-refractivity contribution is 0.0692. The largest absolute Gasteiger partial charge is 0.504 e. The van der Waals surface area contributed by atoms with Gasteiger partial charge in [-0.25, -0.2) is 9.18 Å². The Morgan fingerprint density at radius 3 is 2.67 bits per heavy atom. The van der Waals surface area contributed by atoms with E-state index >= 15 is 0 Å². The highest BCUT2D eigenvalue weighted by atomic mass is 19.1. The Morgan fingerprint density at radius 1 is 1.39 bits per heavy atom. The van der Waals surface area contributed by atoms with Gasteiger partial charge in [-0.3, -0.25) is 4.90 Å². The molecule has 1 aromatic rings. The second-order valence-electron chi connectivity index (χ2n) is 4.31. The fourth-order valence-corrected chi connectivity index (χ4v) is 2.04. The summed E-state index contributed by atoms with van der Waals surface area (Å²) in [6.45, 7) is 3.90. The van der Waals surface area contributed by atoms with Crippen LogP contribution in [0.2, 0.25) is 0 Å². The highest BCUT2D eigenvalue weighted by Crippen LogP contribution is 2.24. The van der Waals surface area contributed by atoms with E-state index in [4.69, 9.17) is 5.11 Å². The number of piperazine rings is 1. The number of halogens is 1. The van der Waals surface area contributed by atoms with Crippen molar-refractivity contribution < 1.29 is 19.4 Å². The number of benzene rings is 1. The lowest BCUT2D eigenvalue weighted by Gasteiger charge is -2.27. The van der Waals surface area contributed by atoms with Crippen molar-refractivity contribution in [1.82, 2.24) is 10.2 Å². The number of nitrogens with zero attached hydrogens (tertiary/aromatic N) is 1. The second kappa shape index (κ2) is 5.32. The van der Waals surface area contributed by atoms with E-state index < -0.39 is 17.5 Å². The average molecular weight is 254 g/mol. The number of carboxylic acid groups (broad SMARTS) is 1. The van der Waals surface area contributed by atoms with Crippen LogP contribution in [0.5, 0.6) is 5.75 Å². The van der Waals surface area contributed by atoms with Gasteiger partial charge in [-0.05, 0) is 17.7 Å². The van der Waals surface area contributed by atoms with Crippen molar-refractivity contribution in [3.63, 3.8) is 0 Å². The van der Waals surface area contributed by atoms with Gasteiger partial charge in [0.2, 0.25) is 0 Å². The normalized spacial score (nSPS) is 16.7. The maximum Gasteiger partial charge on any atom is 0.339 e. The Hall–Kier alpha value is -1.66. The summed E-state index contributed by atoms with van der Waals surface area (Å²) in [4.78, 5) is 13.0. The molecule has 3 N–H and O–H groups in total. The van der Waals surface area contributed by atoms with Crippen LogP contribution in [-0.4, -0.2) is 47.3 Å². The molecular weight excluding hydrogens is 239 g/mol. The van der Waals surface area contributed by atoms with Gasteiger partial charge in [0.05, 0.1) is 0 Å². The van der Waals surface area contributed by atoms with Crippen molar-refractivity contribution >= 4 is 5.97 Å². The van der Waals surface area contributed by atoms with Crippen LogP contribution >= 0.6 is 0 Å². The van der Waals surface area contributed by atoms with E-state index in [1.165, 1.54) is 12.1 Å². The quantitative estimate of drug-likeness (QED) is 0.738. The van der Waals surface area contributed by atoms with Crippen LogP contribution in [0.3, 0.4) is 0 Å². The van der Waals surface area contributed by atoms with Crippen molar-refractivity contribution in [1.29, 1.82) is 0 Å². The minimum absolute atomic E-state index is 0.389. The molecule has 1 fully saturated rings. The molecule has 0 saturated carbocycles. The van der Waals surface area contributed by atoms with Crippen LogP contribution in [-0.2, 0) is 6.54 Å². The van der Waals surface area contributed by atoms with E-state index in [0.717, 1.165) is 26.2 Å². The molecule has 0 aromatic heterocycles. The monoisotopic (exact) mass is 254 g/mol. The number of hydrogen-bond acceptors (Lipinski definition) is 4. The van der Waals surface area contributed by atoms with Gasteiger partial charge in [-0.2, -0.15) is 0 Å². The molecular formula is C12H15FN2O3. The van der Waals surface area contributed by atoms with E-state index in [0.29, 0.717) is 12.1 Å². The Morgan fingerprint density at radius 2 is 2.06 bits per heavy atom. The Bertz CT molecular complexity index is 459. The van der Waals surface area contributed by atoms with Gasteiger partial charge >= 0.3 is 5.97 Å². The van der Waals surface area contributed by atoms with Crippen molar-refractivity contribution in [3.8, 4) is 5.75 Å². The molecule has 1 saturated heterocycles.